The van der Waals surface area contributed by atoms with Crippen LogP contribution in [0.25, 0.3) is 0 Å². The van der Waals surface area contributed by atoms with Crippen LogP contribution in [-0.4, -0.2) is 35.0 Å². The van der Waals surface area contributed by atoms with Crippen LogP contribution in [0.4, 0.5) is 0 Å². The third-order valence-electron chi connectivity index (χ3n) is 5.92. The van der Waals surface area contributed by atoms with Crippen molar-refractivity contribution in [2.45, 2.75) is 37.6 Å². The van der Waals surface area contributed by atoms with Crippen LogP contribution in [-0.2, 0) is 16.6 Å². The molecule has 1 aliphatic heterocycles. The Kier molecular flexibility index (Phi) is 2.67. The van der Waals surface area contributed by atoms with E-state index < -0.39 is 5.54 Å². The number of amides is 1. The summed E-state index contributed by atoms with van der Waals surface area (Å²) in [5.74, 6) is 0.181. The number of carbonyl (C=O) groups is 1. The van der Waals surface area contributed by atoms with E-state index in [1.54, 1.807) is 6.07 Å². The summed E-state index contributed by atoms with van der Waals surface area (Å²) in [5.41, 5.74) is 7.38. The van der Waals surface area contributed by atoms with Crippen LogP contribution in [0.3, 0.4) is 0 Å². The van der Waals surface area contributed by atoms with Crippen molar-refractivity contribution in [3.05, 3.63) is 29.3 Å². The first kappa shape index (κ1) is 13.4. The molecule has 0 radical (unpaired) electrons. The van der Waals surface area contributed by atoms with Gasteiger partial charge in [0.1, 0.15) is 11.3 Å². The zero-order chi connectivity index (χ0) is 14.7. The quantitative estimate of drug-likeness (QED) is 0.813. The molecule has 1 saturated heterocycles. The predicted molar refractivity (Wildman–Crippen MR) is 77.5 cm³/mol. The molecular weight excluding hydrogens is 252 g/mol. The Balaban J connectivity index is 2.26. The summed E-state index contributed by atoms with van der Waals surface area (Å²) in [7, 11) is 1.99. The van der Waals surface area contributed by atoms with Gasteiger partial charge < -0.3 is 10.8 Å². The maximum absolute atomic E-state index is 12.3. The molecule has 1 aromatic rings. The maximum atomic E-state index is 12.3. The smallest absolute Gasteiger partial charge is 0.238 e. The largest absolute Gasteiger partial charge is 0.508 e. The first-order valence-electron chi connectivity index (χ1n) is 7.16. The van der Waals surface area contributed by atoms with Gasteiger partial charge in [0, 0.05) is 6.42 Å². The van der Waals surface area contributed by atoms with Crippen LogP contribution in [0.15, 0.2) is 18.2 Å². The molecule has 0 spiro atoms. The number of hydrogen-bond acceptors (Lipinski definition) is 3. The normalized spacial score (nSPS) is 36.5. The van der Waals surface area contributed by atoms with Crippen molar-refractivity contribution >= 4 is 5.91 Å². The molecule has 1 aromatic carbocycles. The Bertz CT molecular complexity index is 586. The molecule has 2 bridgehead atoms. The van der Waals surface area contributed by atoms with E-state index in [-0.39, 0.29) is 17.2 Å². The molecule has 4 nitrogen and oxygen atoms in total. The van der Waals surface area contributed by atoms with Crippen LogP contribution < -0.4 is 5.73 Å². The van der Waals surface area contributed by atoms with Crippen molar-refractivity contribution in [1.82, 2.24) is 4.90 Å². The summed E-state index contributed by atoms with van der Waals surface area (Å²) >= 11 is 0. The summed E-state index contributed by atoms with van der Waals surface area (Å²) < 4.78 is 0. The first-order valence-corrected chi connectivity index (χ1v) is 7.16. The van der Waals surface area contributed by atoms with Gasteiger partial charge in [-0.1, -0.05) is 19.9 Å². The van der Waals surface area contributed by atoms with Gasteiger partial charge in [-0.2, -0.15) is 0 Å². The molecule has 3 atom stereocenters. The maximum Gasteiger partial charge on any atom is 0.238 e. The number of likely N-dealkylation sites (tertiary alicyclic amines) is 1. The standard InChI is InChI=1S/C16H22N2O2/c1-10-15(2)6-7-18(3)16(10,14(17)20)9-11-4-5-12(19)8-13(11)15/h4-5,8,10,19H,6-7,9H2,1-3H3,(H2,17,20). The van der Waals surface area contributed by atoms with Crippen molar-refractivity contribution in [2.75, 3.05) is 13.6 Å². The topological polar surface area (TPSA) is 66.6 Å². The highest BCUT2D eigenvalue weighted by Crippen LogP contribution is 2.53. The van der Waals surface area contributed by atoms with Gasteiger partial charge in [0.25, 0.3) is 0 Å². The second-order valence-corrected chi connectivity index (χ2v) is 6.62. The highest BCUT2D eigenvalue weighted by molar-refractivity contribution is 5.86. The van der Waals surface area contributed by atoms with Gasteiger partial charge in [0.2, 0.25) is 5.91 Å². The molecule has 1 fully saturated rings. The van der Waals surface area contributed by atoms with Gasteiger partial charge in [-0.05, 0) is 54.6 Å². The number of primary amides is 1. The number of nitrogens with zero attached hydrogens (tertiary/aromatic N) is 1. The molecular formula is C16H22N2O2. The number of hydrogen-bond donors (Lipinski definition) is 2. The molecule has 3 unspecified atom stereocenters. The molecule has 108 valence electrons. The van der Waals surface area contributed by atoms with E-state index in [1.165, 1.54) is 5.56 Å². The van der Waals surface area contributed by atoms with Gasteiger partial charge in [-0.3, -0.25) is 9.69 Å². The minimum absolute atomic E-state index is 0.117. The van der Waals surface area contributed by atoms with E-state index in [4.69, 9.17) is 5.73 Å². The van der Waals surface area contributed by atoms with Crippen LogP contribution in [0, 0.1) is 5.92 Å². The average molecular weight is 274 g/mol. The Labute approximate surface area is 119 Å². The predicted octanol–water partition coefficient (Wildman–Crippen LogP) is 1.40. The number of likely N-dealkylation sites (N-methyl/N-ethyl adjacent to an activating group) is 1. The van der Waals surface area contributed by atoms with Crippen LogP contribution in [0.5, 0.6) is 5.75 Å². The van der Waals surface area contributed by atoms with Gasteiger partial charge in [-0.25, -0.2) is 0 Å². The molecule has 1 amide bonds. The van der Waals surface area contributed by atoms with E-state index in [0.717, 1.165) is 18.5 Å². The first-order chi connectivity index (χ1) is 9.32. The van der Waals surface area contributed by atoms with E-state index in [0.29, 0.717) is 12.2 Å². The van der Waals surface area contributed by atoms with Crippen LogP contribution in [0.2, 0.25) is 0 Å². The third kappa shape index (κ3) is 1.43. The summed E-state index contributed by atoms with van der Waals surface area (Å²) in [5, 5.41) is 9.81. The highest BCUT2D eigenvalue weighted by atomic mass is 16.3. The minimum atomic E-state index is -0.614. The fourth-order valence-electron chi connectivity index (χ4n) is 4.36. The Morgan fingerprint density at radius 1 is 1.50 bits per heavy atom. The Morgan fingerprint density at radius 3 is 2.85 bits per heavy atom. The minimum Gasteiger partial charge on any atom is -0.508 e. The number of rotatable bonds is 1. The fraction of sp³-hybridized carbons (Fsp3) is 0.562. The molecule has 1 aliphatic carbocycles. The van der Waals surface area contributed by atoms with Gasteiger partial charge >= 0.3 is 0 Å². The fourth-order valence-corrected chi connectivity index (χ4v) is 4.36. The SMILES string of the molecule is CC1C2(C)CCN(C)C1(C(N)=O)Cc1ccc(O)cc12. The average Bonchev–Trinajstić information content (AvgIpc) is 2.39. The zero-order valence-electron chi connectivity index (χ0n) is 12.3. The second kappa shape index (κ2) is 3.98. The van der Waals surface area contributed by atoms with E-state index in [2.05, 4.69) is 18.7 Å². The van der Waals surface area contributed by atoms with Crippen molar-refractivity contribution in [1.29, 1.82) is 0 Å². The molecule has 3 rings (SSSR count). The molecule has 4 heteroatoms. The molecule has 0 aromatic heterocycles. The van der Waals surface area contributed by atoms with Crippen LogP contribution in [0.1, 0.15) is 31.4 Å². The van der Waals surface area contributed by atoms with Gasteiger partial charge in [0.05, 0.1) is 0 Å². The lowest BCUT2D eigenvalue weighted by Crippen LogP contribution is -2.71. The third-order valence-corrected chi connectivity index (χ3v) is 5.92. The summed E-state index contributed by atoms with van der Waals surface area (Å²) in [6.07, 6.45) is 1.60. The van der Waals surface area contributed by atoms with E-state index in [1.807, 2.05) is 19.2 Å². The number of aromatic hydroxyl groups is 1. The van der Waals surface area contributed by atoms with E-state index >= 15 is 0 Å². The second-order valence-electron chi connectivity index (χ2n) is 6.62. The lowest BCUT2D eigenvalue weighted by atomic mass is 9.53. The lowest BCUT2D eigenvalue weighted by molar-refractivity contribution is -0.140. The van der Waals surface area contributed by atoms with Crippen molar-refractivity contribution < 1.29 is 9.90 Å². The molecule has 2 aliphatic rings. The Hall–Kier alpha value is -1.55. The van der Waals surface area contributed by atoms with Gasteiger partial charge in [0.15, 0.2) is 0 Å². The molecule has 0 saturated carbocycles. The van der Waals surface area contributed by atoms with Crippen molar-refractivity contribution in [2.24, 2.45) is 11.7 Å². The van der Waals surface area contributed by atoms with Gasteiger partial charge in [-0.15, -0.1) is 0 Å². The molecule has 20 heavy (non-hydrogen) atoms. The number of nitrogens with two attached hydrogens (primary N) is 1. The lowest BCUT2D eigenvalue weighted by Gasteiger charge is -2.59. The molecule has 3 N–H and O–H groups in total. The number of phenols is 1. The number of phenolic OH excluding ortho intramolecular Hbond substituents is 1. The number of piperidine rings is 1. The number of benzene rings is 1. The summed E-state index contributed by atoms with van der Waals surface area (Å²) in [6, 6.07) is 5.50. The van der Waals surface area contributed by atoms with Crippen LogP contribution >= 0.6 is 0 Å². The van der Waals surface area contributed by atoms with Crippen molar-refractivity contribution in [3.63, 3.8) is 0 Å². The Morgan fingerprint density at radius 2 is 2.20 bits per heavy atom. The van der Waals surface area contributed by atoms with Crippen molar-refractivity contribution in [3.8, 4) is 5.75 Å². The monoisotopic (exact) mass is 274 g/mol. The number of carbonyl (C=O) groups excluding carboxylic acids is 1. The summed E-state index contributed by atoms with van der Waals surface area (Å²) in [6.45, 7) is 5.16. The van der Waals surface area contributed by atoms with E-state index in [9.17, 15) is 9.90 Å². The molecule has 1 heterocycles. The zero-order valence-corrected chi connectivity index (χ0v) is 12.3. The summed E-state index contributed by atoms with van der Waals surface area (Å²) in [4.78, 5) is 14.4. The number of fused-ring (bicyclic) bond motifs is 4. The highest BCUT2D eigenvalue weighted by Gasteiger charge is 2.59.